The first-order chi connectivity index (χ1) is 15.0. The number of hydrogen-bond acceptors (Lipinski definition) is 6. The number of sulfonamides is 1. The van der Waals surface area contributed by atoms with Crippen molar-refractivity contribution in [1.82, 2.24) is 19.5 Å². The van der Waals surface area contributed by atoms with Crippen LogP contribution in [0.4, 0.5) is 5.69 Å². The van der Waals surface area contributed by atoms with Crippen molar-refractivity contribution >= 4 is 21.7 Å². The largest absolute Gasteiger partial charge is 0.379 e. The van der Waals surface area contributed by atoms with E-state index < -0.39 is 10.0 Å². The lowest BCUT2D eigenvalue weighted by atomic mass is 10.2. The molecule has 176 valence electrons. The fraction of sp³-hybridized carbons (Fsp3) is 0.714. The van der Waals surface area contributed by atoms with Crippen molar-refractivity contribution in [3.63, 3.8) is 0 Å². The van der Waals surface area contributed by atoms with Gasteiger partial charge in [0.05, 0.1) is 19.0 Å². The highest BCUT2D eigenvalue weighted by Gasteiger charge is 2.20. The van der Waals surface area contributed by atoms with Crippen LogP contribution in [0.1, 0.15) is 39.0 Å². The highest BCUT2D eigenvalue weighted by molar-refractivity contribution is 7.89. The second-order valence-corrected chi connectivity index (χ2v) is 9.78. The van der Waals surface area contributed by atoms with Gasteiger partial charge in [0.15, 0.2) is 5.96 Å². The molecule has 2 heterocycles. The zero-order valence-corrected chi connectivity index (χ0v) is 19.5. The molecule has 1 fully saturated rings. The lowest BCUT2D eigenvalue weighted by molar-refractivity contribution is 0.0369. The van der Waals surface area contributed by atoms with E-state index in [-0.39, 0.29) is 11.7 Å². The summed E-state index contributed by atoms with van der Waals surface area (Å²) in [5.41, 5.74) is 0.822. The highest BCUT2D eigenvalue weighted by atomic mass is 32.2. The molecule has 0 amide bonds. The van der Waals surface area contributed by atoms with Crippen molar-refractivity contribution in [3.05, 3.63) is 24.5 Å². The molecule has 3 N–H and O–H groups in total. The summed E-state index contributed by atoms with van der Waals surface area (Å²) in [6.07, 6.45) is 7.59. The molecule has 10 heteroatoms. The van der Waals surface area contributed by atoms with Crippen LogP contribution in [0.3, 0.4) is 0 Å². The maximum absolute atomic E-state index is 12.6. The SMILES string of the molecule is CCN(CCCN1CCOCC1)S(=O)(=O)CCCCCCNC(=N)Nc1ccncc1. The molecule has 0 bridgehead atoms. The predicted octanol–water partition coefficient (Wildman–Crippen LogP) is 1.95. The molecule has 0 atom stereocenters. The number of pyridine rings is 1. The number of ether oxygens (including phenoxy) is 1. The fourth-order valence-electron chi connectivity index (χ4n) is 3.52. The molecule has 0 radical (unpaired) electrons. The molecule has 1 aliphatic heterocycles. The topological polar surface area (TPSA) is 111 Å². The van der Waals surface area contributed by atoms with Crippen molar-refractivity contribution < 1.29 is 13.2 Å². The van der Waals surface area contributed by atoms with E-state index in [0.717, 1.165) is 64.2 Å². The molecule has 0 saturated carbocycles. The van der Waals surface area contributed by atoms with Crippen LogP contribution in [-0.4, -0.2) is 86.8 Å². The van der Waals surface area contributed by atoms with E-state index in [4.69, 9.17) is 10.1 Å². The van der Waals surface area contributed by atoms with Gasteiger partial charge in [-0.1, -0.05) is 19.8 Å². The summed E-state index contributed by atoms with van der Waals surface area (Å²) in [5.74, 6) is 0.468. The van der Waals surface area contributed by atoms with E-state index in [1.165, 1.54) is 0 Å². The summed E-state index contributed by atoms with van der Waals surface area (Å²) in [4.78, 5) is 6.28. The number of unbranched alkanes of at least 4 members (excludes halogenated alkanes) is 3. The van der Waals surface area contributed by atoms with Gasteiger partial charge in [-0.3, -0.25) is 15.3 Å². The van der Waals surface area contributed by atoms with Crippen LogP contribution in [-0.2, 0) is 14.8 Å². The third-order valence-electron chi connectivity index (χ3n) is 5.31. The molecule has 0 aromatic carbocycles. The predicted molar refractivity (Wildman–Crippen MR) is 125 cm³/mol. The van der Waals surface area contributed by atoms with Crippen LogP contribution in [0.25, 0.3) is 0 Å². The van der Waals surface area contributed by atoms with E-state index in [1.807, 2.05) is 6.92 Å². The lowest BCUT2D eigenvalue weighted by Gasteiger charge is -2.27. The summed E-state index contributed by atoms with van der Waals surface area (Å²) in [7, 11) is -3.19. The second kappa shape index (κ2) is 14.3. The van der Waals surface area contributed by atoms with E-state index in [9.17, 15) is 8.42 Å². The number of nitrogens with zero attached hydrogens (tertiary/aromatic N) is 3. The Morgan fingerprint density at radius 3 is 2.58 bits per heavy atom. The molecular weight excluding hydrogens is 416 g/mol. The van der Waals surface area contributed by atoms with Crippen LogP contribution in [0.2, 0.25) is 0 Å². The second-order valence-electron chi connectivity index (χ2n) is 7.69. The van der Waals surface area contributed by atoms with Gasteiger partial charge >= 0.3 is 0 Å². The number of hydrogen-bond donors (Lipinski definition) is 3. The number of nitrogens with one attached hydrogen (secondary N) is 3. The van der Waals surface area contributed by atoms with E-state index in [1.54, 1.807) is 28.8 Å². The highest BCUT2D eigenvalue weighted by Crippen LogP contribution is 2.09. The van der Waals surface area contributed by atoms with Crippen LogP contribution < -0.4 is 10.6 Å². The molecule has 1 saturated heterocycles. The minimum atomic E-state index is -3.19. The number of rotatable bonds is 14. The van der Waals surface area contributed by atoms with Crippen molar-refractivity contribution in [2.45, 2.75) is 39.0 Å². The molecular formula is C21H38N6O3S. The van der Waals surface area contributed by atoms with E-state index in [0.29, 0.717) is 26.1 Å². The normalized spacial score (nSPS) is 15.2. The molecule has 0 aliphatic carbocycles. The Kier molecular flexibility index (Phi) is 11.8. The van der Waals surface area contributed by atoms with Crippen LogP contribution in [0.5, 0.6) is 0 Å². The van der Waals surface area contributed by atoms with Gasteiger partial charge in [0.25, 0.3) is 0 Å². The molecule has 0 unspecified atom stereocenters. The molecule has 9 nitrogen and oxygen atoms in total. The smallest absolute Gasteiger partial charge is 0.214 e. The third-order valence-corrected chi connectivity index (χ3v) is 7.34. The van der Waals surface area contributed by atoms with Crippen molar-refractivity contribution in [3.8, 4) is 0 Å². The first-order valence-electron chi connectivity index (χ1n) is 11.3. The summed E-state index contributed by atoms with van der Waals surface area (Å²) in [5, 5.41) is 13.9. The summed E-state index contributed by atoms with van der Waals surface area (Å²) in [6, 6.07) is 3.61. The zero-order valence-electron chi connectivity index (χ0n) is 18.7. The van der Waals surface area contributed by atoms with E-state index >= 15 is 0 Å². The summed E-state index contributed by atoms with van der Waals surface area (Å²) < 4.78 is 32.2. The molecule has 2 rings (SSSR count). The Balaban J connectivity index is 1.53. The Morgan fingerprint density at radius 1 is 1.16 bits per heavy atom. The van der Waals surface area contributed by atoms with Gasteiger partial charge in [-0.15, -0.1) is 0 Å². The Bertz CT molecular complexity index is 726. The monoisotopic (exact) mass is 454 g/mol. The van der Waals surface area contributed by atoms with Gasteiger partial charge in [0.2, 0.25) is 10.0 Å². The van der Waals surface area contributed by atoms with Crippen LogP contribution in [0, 0.1) is 5.41 Å². The third kappa shape index (κ3) is 10.4. The van der Waals surface area contributed by atoms with Gasteiger partial charge < -0.3 is 15.4 Å². The van der Waals surface area contributed by atoms with Gasteiger partial charge in [0, 0.05) is 50.8 Å². The molecule has 0 spiro atoms. The number of morpholine rings is 1. The maximum Gasteiger partial charge on any atom is 0.214 e. The van der Waals surface area contributed by atoms with Gasteiger partial charge in [0.1, 0.15) is 0 Å². The van der Waals surface area contributed by atoms with Crippen LogP contribution >= 0.6 is 0 Å². The van der Waals surface area contributed by atoms with Crippen molar-refractivity contribution in [2.24, 2.45) is 0 Å². The average Bonchev–Trinajstić information content (AvgIpc) is 2.77. The molecule has 1 aromatic rings. The Morgan fingerprint density at radius 2 is 1.87 bits per heavy atom. The first-order valence-corrected chi connectivity index (χ1v) is 12.9. The molecule has 31 heavy (non-hydrogen) atoms. The van der Waals surface area contributed by atoms with E-state index in [2.05, 4.69) is 20.5 Å². The Hall–Kier alpha value is -1.75. The zero-order chi connectivity index (χ0) is 22.4. The van der Waals surface area contributed by atoms with Crippen LogP contribution in [0.15, 0.2) is 24.5 Å². The minimum Gasteiger partial charge on any atom is -0.379 e. The lowest BCUT2D eigenvalue weighted by Crippen LogP contribution is -2.39. The first kappa shape index (κ1) is 25.5. The number of anilines is 1. The fourth-order valence-corrected chi connectivity index (χ4v) is 5.15. The molecule has 1 aliphatic rings. The summed E-state index contributed by atoms with van der Waals surface area (Å²) in [6.45, 7) is 8.06. The molecule has 1 aromatic heterocycles. The van der Waals surface area contributed by atoms with Gasteiger partial charge in [-0.2, -0.15) is 0 Å². The van der Waals surface area contributed by atoms with Crippen molar-refractivity contribution in [2.75, 3.05) is 63.6 Å². The average molecular weight is 455 g/mol. The van der Waals surface area contributed by atoms with Crippen molar-refractivity contribution in [1.29, 1.82) is 5.41 Å². The Labute approximate surface area is 187 Å². The summed E-state index contributed by atoms with van der Waals surface area (Å²) >= 11 is 0. The standard InChI is InChI=1S/C21H38N6O3S/c1-2-27(14-7-13-26-15-17-30-18-16-26)31(28,29)19-6-4-3-5-10-24-21(22)25-20-8-11-23-12-9-20/h8-9,11-12H,2-7,10,13-19H2,1H3,(H3,22,23,24,25). The number of aromatic nitrogens is 1. The minimum absolute atomic E-state index is 0.214. The number of guanidine groups is 1. The quantitative estimate of drug-likeness (QED) is 0.224. The van der Waals surface area contributed by atoms with Gasteiger partial charge in [-0.25, -0.2) is 12.7 Å². The van der Waals surface area contributed by atoms with Gasteiger partial charge in [-0.05, 0) is 37.9 Å². The maximum atomic E-state index is 12.6.